The summed E-state index contributed by atoms with van der Waals surface area (Å²) in [6.45, 7) is 12.3. The molecule has 0 aliphatic carbocycles. The monoisotopic (exact) mass is 621 g/mol. The molecule has 3 aliphatic heterocycles. The van der Waals surface area contributed by atoms with E-state index in [0.29, 0.717) is 36.6 Å². The summed E-state index contributed by atoms with van der Waals surface area (Å²) in [4.78, 5) is 48.8. The molecule has 2 aromatic rings. The van der Waals surface area contributed by atoms with Crippen molar-refractivity contribution in [1.29, 1.82) is 0 Å². The van der Waals surface area contributed by atoms with Crippen molar-refractivity contribution in [1.82, 2.24) is 9.80 Å². The Labute approximate surface area is 263 Å². The summed E-state index contributed by atoms with van der Waals surface area (Å²) >= 11 is 8.29. The van der Waals surface area contributed by atoms with E-state index in [2.05, 4.69) is 13.2 Å². The van der Waals surface area contributed by atoms with Gasteiger partial charge in [0.1, 0.15) is 6.04 Å². The quantitative estimate of drug-likeness (QED) is 0.328. The zero-order valence-electron chi connectivity index (χ0n) is 24.8. The Balaban J connectivity index is 1.58. The summed E-state index contributed by atoms with van der Waals surface area (Å²) in [7, 11) is 0. The molecule has 9 heteroatoms. The van der Waals surface area contributed by atoms with Crippen molar-refractivity contribution in [2.24, 2.45) is 11.8 Å². The molecule has 0 saturated carbocycles. The minimum atomic E-state index is -0.854. The van der Waals surface area contributed by atoms with E-state index in [1.54, 1.807) is 44.7 Å². The van der Waals surface area contributed by atoms with E-state index in [1.165, 1.54) is 0 Å². The van der Waals surface area contributed by atoms with Gasteiger partial charge in [-0.1, -0.05) is 73.1 Å². The number of anilines is 1. The van der Waals surface area contributed by atoms with Crippen molar-refractivity contribution in [2.75, 3.05) is 24.6 Å². The third kappa shape index (κ3) is 5.32. The second kappa shape index (κ2) is 12.9. The van der Waals surface area contributed by atoms with Crippen LogP contribution in [-0.4, -0.2) is 74.4 Å². The van der Waals surface area contributed by atoms with Gasteiger partial charge in [0, 0.05) is 24.9 Å². The van der Waals surface area contributed by atoms with Crippen LogP contribution in [-0.2, 0) is 20.9 Å². The standard InChI is InChI=1S/C34H40ClN3O4S/c1-5-18-36(20-23-13-9-8-10-14-23)31(40)27-26-16-17-34(43-26)28(27)32(41)38(24(7-3)21-39)30(34)33(42)37(19-6-2)29-22(4)12-11-15-25(29)35/h5-6,8-15,24,26-28,30,39H,1-2,7,16-21H2,3-4H3/t24-,26+,27-,28-,30?,34?/m0/s1. The van der Waals surface area contributed by atoms with Crippen LogP contribution >= 0.6 is 23.4 Å². The van der Waals surface area contributed by atoms with Gasteiger partial charge in [-0.05, 0) is 43.4 Å². The number of amides is 3. The molecule has 6 atom stereocenters. The van der Waals surface area contributed by atoms with Gasteiger partial charge in [-0.3, -0.25) is 14.4 Å². The summed E-state index contributed by atoms with van der Waals surface area (Å²) in [6.07, 6.45) is 5.22. The minimum absolute atomic E-state index is 0.0777. The smallest absolute Gasteiger partial charge is 0.251 e. The first kappa shape index (κ1) is 31.4. The van der Waals surface area contributed by atoms with E-state index in [9.17, 15) is 19.5 Å². The number of benzene rings is 2. The Kier molecular flexibility index (Phi) is 9.40. The molecule has 3 aliphatic rings. The normalized spacial score (nSPS) is 26.2. The van der Waals surface area contributed by atoms with Crippen LogP contribution in [0.25, 0.3) is 0 Å². The van der Waals surface area contributed by atoms with Gasteiger partial charge in [0.2, 0.25) is 11.8 Å². The van der Waals surface area contributed by atoms with Crippen LogP contribution in [0.4, 0.5) is 5.69 Å². The molecule has 2 unspecified atom stereocenters. The van der Waals surface area contributed by atoms with Gasteiger partial charge in [-0.25, -0.2) is 0 Å². The van der Waals surface area contributed by atoms with Gasteiger partial charge < -0.3 is 19.8 Å². The van der Waals surface area contributed by atoms with Crippen molar-refractivity contribution in [3.63, 3.8) is 0 Å². The Morgan fingerprint density at radius 1 is 1.14 bits per heavy atom. The lowest BCUT2D eigenvalue weighted by atomic mass is 9.70. The SMILES string of the molecule is C=CCN(Cc1ccccc1)C(=O)[C@@H]1[C@H]2C(=O)N([C@@H](CC)CO)C(C(=O)N(CC=C)c3c(C)cccc3Cl)C23CC[C@H]1S3. The molecule has 1 spiro atoms. The largest absolute Gasteiger partial charge is 0.394 e. The Morgan fingerprint density at radius 3 is 2.49 bits per heavy atom. The molecule has 2 bridgehead atoms. The number of nitrogens with zero attached hydrogens (tertiary/aromatic N) is 3. The fourth-order valence-corrected chi connectivity index (χ4v) is 9.91. The fraction of sp³-hybridized carbons (Fsp3) is 0.441. The van der Waals surface area contributed by atoms with Crippen molar-refractivity contribution in [2.45, 2.75) is 61.7 Å². The number of likely N-dealkylation sites (tertiary alicyclic amines) is 1. The lowest BCUT2D eigenvalue weighted by Gasteiger charge is -2.40. The van der Waals surface area contributed by atoms with Crippen molar-refractivity contribution >= 4 is 46.8 Å². The van der Waals surface area contributed by atoms with E-state index in [0.717, 1.165) is 17.5 Å². The fourth-order valence-electron chi connectivity index (χ4n) is 7.40. The van der Waals surface area contributed by atoms with Crippen molar-refractivity contribution < 1.29 is 19.5 Å². The zero-order valence-corrected chi connectivity index (χ0v) is 26.4. The number of fused-ring (bicyclic) bond motifs is 1. The van der Waals surface area contributed by atoms with Gasteiger partial charge in [0.25, 0.3) is 5.91 Å². The molecule has 0 aromatic heterocycles. The molecule has 3 heterocycles. The van der Waals surface area contributed by atoms with Crippen LogP contribution in [0, 0.1) is 18.8 Å². The number of aliphatic hydroxyl groups excluding tert-OH is 1. The summed E-state index contributed by atoms with van der Waals surface area (Å²) in [5.74, 6) is -1.80. The number of halogens is 1. The first-order chi connectivity index (χ1) is 20.7. The maximum atomic E-state index is 14.8. The van der Waals surface area contributed by atoms with E-state index in [-0.39, 0.29) is 36.1 Å². The molecule has 1 N–H and O–H groups in total. The number of hydrogen-bond acceptors (Lipinski definition) is 5. The second-order valence-electron chi connectivity index (χ2n) is 11.7. The van der Waals surface area contributed by atoms with Gasteiger partial charge in [-0.15, -0.1) is 24.9 Å². The number of aliphatic hydroxyl groups is 1. The molecule has 3 amide bonds. The topological polar surface area (TPSA) is 81.2 Å². The Bertz CT molecular complexity index is 1380. The molecule has 43 heavy (non-hydrogen) atoms. The van der Waals surface area contributed by atoms with Crippen LogP contribution in [0.15, 0.2) is 73.8 Å². The molecular formula is C34H40ClN3O4S. The van der Waals surface area contributed by atoms with Gasteiger partial charge >= 0.3 is 0 Å². The number of carbonyl (C=O) groups excluding carboxylic acids is 3. The van der Waals surface area contributed by atoms with E-state index < -0.39 is 28.7 Å². The highest BCUT2D eigenvalue weighted by Gasteiger charge is 2.74. The van der Waals surface area contributed by atoms with Gasteiger partial charge in [0.05, 0.1) is 39.9 Å². The second-order valence-corrected chi connectivity index (χ2v) is 13.7. The van der Waals surface area contributed by atoms with Crippen LogP contribution in [0.2, 0.25) is 5.02 Å². The van der Waals surface area contributed by atoms with E-state index >= 15 is 0 Å². The third-order valence-corrected chi connectivity index (χ3v) is 11.5. The van der Waals surface area contributed by atoms with Gasteiger partial charge in [0.15, 0.2) is 0 Å². The molecule has 5 rings (SSSR count). The van der Waals surface area contributed by atoms with Crippen molar-refractivity contribution in [3.8, 4) is 0 Å². The number of para-hydroxylation sites is 1. The molecular weight excluding hydrogens is 582 g/mol. The maximum Gasteiger partial charge on any atom is 0.251 e. The summed E-state index contributed by atoms with van der Waals surface area (Å²) in [5.41, 5.74) is 2.42. The number of thioether (sulfide) groups is 1. The summed E-state index contributed by atoms with van der Waals surface area (Å²) < 4.78 is -0.789. The molecule has 3 saturated heterocycles. The van der Waals surface area contributed by atoms with Crippen LogP contribution in [0.1, 0.15) is 37.3 Å². The minimum Gasteiger partial charge on any atom is -0.394 e. The first-order valence-electron chi connectivity index (χ1n) is 15.0. The van der Waals surface area contributed by atoms with Crippen LogP contribution < -0.4 is 4.90 Å². The van der Waals surface area contributed by atoms with Crippen molar-refractivity contribution in [3.05, 3.63) is 90.0 Å². The average Bonchev–Trinajstić information content (AvgIpc) is 3.64. The van der Waals surface area contributed by atoms with E-state index in [4.69, 9.17) is 11.6 Å². The maximum absolute atomic E-state index is 14.8. The lowest BCUT2D eigenvalue weighted by Crippen LogP contribution is -2.57. The number of hydrogen-bond donors (Lipinski definition) is 1. The van der Waals surface area contributed by atoms with Crippen LogP contribution in [0.5, 0.6) is 0 Å². The number of aryl methyl sites for hydroxylation is 1. The Morgan fingerprint density at radius 2 is 1.86 bits per heavy atom. The van der Waals surface area contributed by atoms with E-state index in [1.807, 2.05) is 56.3 Å². The molecule has 7 nitrogen and oxygen atoms in total. The Hall–Kier alpha value is -3.07. The first-order valence-corrected chi connectivity index (χ1v) is 16.2. The highest BCUT2D eigenvalue weighted by molar-refractivity contribution is 8.02. The molecule has 2 aromatic carbocycles. The predicted octanol–water partition coefficient (Wildman–Crippen LogP) is 5.24. The third-order valence-electron chi connectivity index (χ3n) is 9.25. The number of carbonyl (C=O) groups is 3. The summed E-state index contributed by atoms with van der Waals surface area (Å²) in [5, 5.41) is 10.8. The predicted molar refractivity (Wildman–Crippen MR) is 173 cm³/mol. The van der Waals surface area contributed by atoms with Crippen LogP contribution in [0.3, 0.4) is 0 Å². The lowest BCUT2D eigenvalue weighted by molar-refractivity contribution is -0.145. The van der Waals surface area contributed by atoms with Gasteiger partial charge in [-0.2, -0.15) is 0 Å². The number of rotatable bonds is 12. The molecule has 228 valence electrons. The molecule has 0 radical (unpaired) electrons. The highest BCUT2D eigenvalue weighted by atomic mass is 35.5. The zero-order chi connectivity index (χ0) is 30.9. The highest BCUT2D eigenvalue weighted by Crippen LogP contribution is 2.67. The molecule has 3 fully saturated rings. The summed E-state index contributed by atoms with van der Waals surface area (Å²) in [6, 6.07) is 13.9. The average molecular weight is 622 g/mol.